The molecule has 0 fully saturated rings. The molecule has 0 aliphatic carbocycles. The van der Waals surface area contributed by atoms with Crippen LogP contribution in [0.1, 0.15) is 13.8 Å². The van der Waals surface area contributed by atoms with Gasteiger partial charge in [-0.05, 0) is 20.9 Å². The van der Waals surface area contributed by atoms with E-state index in [2.05, 4.69) is 23.5 Å². The monoisotopic (exact) mass is 238 g/mol. The number of hydrogen-bond acceptors (Lipinski definition) is 4. The topological polar surface area (TPSA) is 58.6 Å². The van der Waals surface area contributed by atoms with E-state index in [-0.39, 0.29) is 12.4 Å². The van der Waals surface area contributed by atoms with Gasteiger partial charge < -0.3 is 9.64 Å². The molecule has 0 bridgehead atoms. The summed E-state index contributed by atoms with van der Waals surface area (Å²) in [7, 11) is 0.288. The molecule has 0 unspecified atom stereocenters. The van der Waals surface area contributed by atoms with Crippen molar-refractivity contribution in [1.82, 2.24) is 9.62 Å². The molecule has 5 nitrogen and oxygen atoms in total. The second-order valence-corrected chi connectivity index (χ2v) is 5.71. The molecule has 0 radical (unpaired) electrons. The summed E-state index contributed by atoms with van der Waals surface area (Å²) < 4.78 is 29.9. The largest absolute Gasteiger partial charge is 0.384 e. The fourth-order valence-electron chi connectivity index (χ4n) is 0.901. The summed E-state index contributed by atoms with van der Waals surface area (Å²) in [6.45, 7) is 5.53. The van der Waals surface area contributed by atoms with Crippen LogP contribution in [0.4, 0.5) is 0 Å². The molecule has 0 aromatic heterocycles. The number of sulfonamides is 1. The Morgan fingerprint density at radius 2 is 2.00 bits per heavy atom. The molecular weight excluding hydrogens is 216 g/mol. The van der Waals surface area contributed by atoms with E-state index in [0.29, 0.717) is 19.1 Å². The Hall–Kier alpha value is -0.170. The van der Waals surface area contributed by atoms with E-state index in [1.165, 1.54) is 7.11 Å². The lowest BCUT2D eigenvalue weighted by atomic mass is 10.3. The average molecular weight is 238 g/mol. The molecule has 0 heterocycles. The first-order chi connectivity index (χ1) is 6.89. The number of hydrogen-bond donors (Lipinski definition) is 1. The molecule has 0 atom stereocenters. The normalized spacial score (nSPS) is 12.7. The lowest BCUT2D eigenvalue weighted by molar-refractivity contribution is 0.216. The highest BCUT2D eigenvalue weighted by atomic mass is 32.2. The predicted octanol–water partition coefficient (Wildman–Crippen LogP) is -0.108. The van der Waals surface area contributed by atoms with Crippen molar-refractivity contribution in [3.05, 3.63) is 0 Å². The predicted molar refractivity (Wildman–Crippen MR) is 61.4 cm³/mol. The van der Waals surface area contributed by atoms with Gasteiger partial charge in [0.1, 0.15) is 0 Å². The highest BCUT2D eigenvalue weighted by Crippen LogP contribution is 1.92. The second-order valence-electron chi connectivity index (χ2n) is 3.78. The number of nitrogens with one attached hydrogen (secondary N) is 1. The first-order valence-electron chi connectivity index (χ1n) is 5.05. The van der Waals surface area contributed by atoms with Gasteiger partial charge in [0, 0.05) is 26.2 Å². The summed E-state index contributed by atoms with van der Waals surface area (Å²) in [5.74, 6) is 0.0227. The number of rotatable bonds is 8. The third-order valence-corrected chi connectivity index (χ3v) is 3.57. The average Bonchev–Trinajstić information content (AvgIpc) is 2.14. The van der Waals surface area contributed by atoms with Gasteiger partial charge in [-0.25, -0.2) is 13.1 Å². The standard InChI is InChI=1S/C9H22N2O3S/c1-9(2)11(3)6-5-10-15(12,13)8-7-14-4/h9-10H,5-8H2,1-4H3. The van der Waals surface area contributed by atoms with E-state index >= 15 is 0 Å². The van der Waals surface area contributed by atoms with Crippen molar-refractivity contribution < 1.29 is 13.2 Å². The molecule has 0 saturated heterocycles. The van der Waals surface area contributed by atoms with Gasteiger partial charge in [0.05, 0.1) is 12.4 Å². The van der Waals surface area contributed by atoms with E-state index < -0.39 is 10.0 Å². The van der Waals surface area contributed by atoms with Gasteiger partial charge >= 0.3 is 0 Å². The molecule has 0 aliphatic heterocycles. The Balaban J connectivity index is 3.75. The van der Waals surface area contributed by atoms with Crippen molar-refractivity contribution in [3.8, 4) is 0 Å². The van der Waals surface area contributed by atoms with E-state index in [1.54, 1.807) is 0 Å². The first kappa shape index (κ1) is 14.8. The van der Waals surface area contributed by atoms with Crippen LogP contribution < -0.4 is 4.72 Å². The fraction of sp³-hybridized carbons (Fsp3) is 1.00. The maximum Gasteiger partial charge on any atom is 0.213 e. The van der Waals surface area contributed by atoms with E-state index in [0.717, 1.165) is 0 Å². The number of nitrogens with zero attached hydrogens (tertiary/aromatic N) is 1. The quantitative estimate of drug-likeness (QED) is 0.641. The van der Waals surface area contributed by atoms with Crippen LogP contribution in [-0.4, -0.2) is 59.0 Å². The van der Waals surface area contributed by atoms with Crippen LogP contribution >= 0.6 is 0 Å². The van der Waals surface area contributed by atoms with Gasteiger partial charge in [-0.3, -0.25) is 0 Å². The maximum absolute atomic E-state index is 11.3. The fourth-order valence-corrected chi connectivity index (χ4v) is 1.83. The Morgan fingerprint density at radius 3 is 2.47 bits per heavy atom. The smallest absolute Gasteiger partial charge is 0.213 e. The summed E-state index contributed by atoms with van der Waals surface area (Å²) >= 11 is 0. The van der Waals surface area contributed by atoms with Crippen molar-refractivity contribution in [2.45, 2.75) is 19.9 Å². The highest BCUT2D eigenvalue weighted by Gasteiger charge is 2.10. The molecule has 15 heavy (non-hydrogen) atoms. The Kier molecular flexibility index (Phi) is 7.08. The summed E-state index contributed by atoms with van der Waals surface area (Å²) in [6.07, 6.45) is 0. The van der Waals surface area contributed by atoms with Crippen LogP contribution in [0.5, 0.6) is 0 Å². The first-order valence-corrected chi connectivity index (χ1v) is 6.71. The van der Waals surface area contributed by atoms with Gasteiger partial charge in [-0.15, -0.1) is 0 Å². The Labute approximate surface area is 92.8 Å². The molecule has 1 N–H and O–H groups in total. The zero-order chi connectivity index (χ0) is 11.9. The summed E-state index contributed by atoms with van der Waals surface area (Å²) in [5.41, 5.74) is 0. The molecule has 6 heteroatoms. The third-order valence-electron chi connectivity index (χ3n) is 2.22. The summed E-state index contributed by atoms with van der Waals surface area (Å²) in [6, 6.07) is 0.425. The lowest BCUT2D eigenvalue weighted by Gasteiger charge is -2.20. The highest BCUT2D eigenvalue weighted by molar-refractivity contribution is 7.89. The van der Waals surface area contributed by atoms with Crippen molar-refractivity contribution in [1.29, 1.82) is 0 Å². The molecule has 0 aromatic rings. The lowest BCUT2D eigenvalue weighted by Crippen LogP contribution is -2.37. The summed E-state index contributed by atoms with van der Waals surface area (Å²) in [5, 5.41) is 0. The zero-order valence-electron chi connectivity index (χ0n) is 9.99. The minimum Gasteiger partial charge on any atom is -0.384 e. The minimum absolute atomic E-state index is 0.0227. The van der Waals surface area contributed by atoms with Crippen LogP contribution in [0.3, 0.4) is 0 Å². The molecule has 0 rings (SSSR count). The zero-order valence-corrected chi connectivity index (χ0v) is 10.8. The molecule has 0 aromatic carbocycles. The van der Waals surface area contributed by atoms with Crippen LogP contribution in [0.15, 0.2) is 0 Å². The second kappa shape index (κ2) is 7.16. The number of methoxy groups -OCH3 is 1. The Morgan fingerprint density at radius 1 is 1.40 bits per heavy atom. The summed E-state index contributed by atoms with van der Waals surface area (Å²) in [4.78, 5) is 2.08. The van der Waals surface area contributed by atoms with Gasteiger partial charge in [0.25, 0.3) is 0 Å². The minimum atomic E-state index is -3.17. The van der Waals surface area contributed by atoms with E-state index in [9.17, 15) is 8.42 Å². The number of ether oxygens (including phenoxy) is 1. The van der Waals surface area contributed by atoms with E-state index in [1.807, 2.05) is 7.05 Å². The van der Waals surface area contributed by atoms with Gasteiger partial charge in [-0.2, -0.15) is 0 Å². The van der Waals surface area contributed by atoms with Crippen LogP contribution in [0.25, 0.3) is 0 Å². The van der Waals surface area contributed by atoms with Crippen molar-refractivity contribution >= 4 is 10.0 Å². The number of likely N-dealkylation sites (N-methyl/N-ethyl adjacent to an activating group) is 1. The maximum atomic E-state index is 11.3. The van der Waals surface area contributed by atoms with Crippen molar-refractivity contribution in [2.75, 3.05) is 39.6 Å². The third kappa shape index (κ3) is 7.72. The van der Waals surface area contributed by atoms with Gasteiger partial charge in [0.15, 0.2) is 0 Å². The molecule has 0 amide bonds. The Bertz CT molecular complexity index is 252. The molecule has 0 aliphatic rings. The van der Waals surface area contributed by atoms with Crippen molar-refractivity contribution in [2.24, 2.45) is 0 Å². The molecule has 92 valence electrons. The van der Waals surface area contributed by atoms with Gasteiger partial charge in [-0.1, -0.05) is 0 Å². The molecular formula is C9H22N2O3S. The van der Waals surface area contributed by atoms with Crippen molar-refractivity contribution in [3.63, 3.8) is 0 Å². The molecule has 0 saturated carbocycles. The van der Waals surface area contributed by atoms with Crippen LogP contribution in [0, 0.1) is 0 Å². The van der Waals surface area contributed by atoms with Gasteiger partial charge in [0.2, 0.25) is 10.0 Å². The van der Waals surface area contributed by atoms with E-state index in [4.69, 9.17) is 4.74 Å². The van der Waals surface area contributed by atoms with Crippen LogP contribution in [-0.2, 0) is 14.8 Å². The molecule has 0 spiro atoms. The SMILES string of the molecule is COCCS(=O)(=O)NCCN(C)C(C)C. The van der Waals surface area contributed by atoms with Crippen LogP contribution in [0.2, 0.25) is 0 Å².